The Labute approximate surface area is 137 Å². The molecule has 0 aliphatic heterocycles. The van der Waals surface area contributed by atoms with Crippen LogP contribution in [0.25, 0.3) is 22.2 Å². The van der Waals surface area contributed by atoms with Gasteiger partial charge in [-0.25, -0.2) is 9.97 Å². The molecule has 0 spiro atoms. The third kappa shape index (κ3) is 2.96. The van der Waals surface area contributed by atoms with Crippen molar-refractivity contribution in [3.05, 3.63) is 58.3 Å². The topological polar surface area (TPSA) is 42.9 Å². The maximum atomic E-state index is 12.9. The molecule has 0 amide bonds. The highest BCUT2D eigenvalue weighted by Gasteiger charge is 2.36. The molecule has 0 bridgehead atoms. The molecule has 0 fully saturated rings. The number of fused-ring (bicyclic) bond motifs is 1. The third-order valence-electron chi connectivity index (χ3n) is 3.29. The first-order valence-electron chi connectivity index (χ1n) is 6.49. The lowest BCUT2D eigenvalue weighted by Crippen LogP contribution is -2.10. The number of carbonyl (C=O) groups excluding carboxylic acids is 1. The first-order valence-corrected chi connectivity index (χ1v) is 7.28. The zero-order valence-electron chi connectivity index (χ0n) is 11.4. The monoisotopic (exact) mass is 380 g/mol. The molecule has 0 radical (unpaired) electrons. The fourth-order valence-corrected chi connectivity index (χ4v) is 2.75. The predicted octanol–water partition coefficient (Wildman–Crippen LogP) is 4.89. The quantitative estimate of drug-likeness (QED) is 0.594. The van der Waals surface area contributed by atoms with Gasteiger partial charge in [0.05, 0.1) is 11.0 Å². The van der Waals surface area contributed by atoms with E-state index in [2.05, 4.69) is 25.9 Å². The molecule has 0 N–H and O–H groups in total. The lowest BCUT2D eigenvalue weighted by molar-refractivity contribution is -0.141. The number of alkyl halides is 3. The van der Waals surface area contributed by atoms with E-state index in [9.17, 15) is 18.0 Å². The Kier molecular flexibility index (Phi) is 3.89. The molecule has 3 nitrogen and oxygen atoms in total. The number of halogens is 4. The Balaban J connectivity index is 2.22. The van der Waals surface area contributed by atoms with Crippen molar-refractivity contribution in [3.63, 3.8) is 0 Å². The van der Waals surface area contributed by atoms with Gasteiger partial charge in [-0.2, -0.15) is 13.2 Å². The molecule has 23 heavy (non-hydrogen) atoms. The maximum Gasteiger partial charge on any atom is 0.436 e. The summed E-state index contributed by atoms with van der Waals surface area (Å²) in [4.78, 5) is 18.7. The van der Waals surface area contributed by atoms with E-state index in [0.29, 0.717) is 28.5 Å². The smallest absolute Gasteiger partial charge is 0.298 e. The zero-order chi connectivity index (χ0) is 16.6. The van der Waals surface area contributed by atoms with Crippen molar-refractivity contribution >= 4 is 33.2 Å². The second-order valence-corrected chi connectivity index (χ2v) is 5.52. The molecule has 3 aromatic rings. The first kappa shape index (κ1) is 15.6. The number of hydrogen-bond acceptors (Lipinski definition) is 3. The Morgan fingerprint density at radius 3 is 2.43 bits per heavy atom. The van der Waals surface area contributed by atoms with Gasteiger partial charge >= 0.3 is 6.18 Å². The molecule has 0 aliphatic carbocycles. The van der Waals surface area contributed by atoms with Gasteiger partial charge in [-0.15, -0.1) is 0 Å². The van der Waals surface area contributed by atoms with E-state index >= 15 is 0 Å². The maximum absolute atomic E-state index is 12.9. The summed E-state index contributed by atoms with van der Waals surface area (Å²) in [5.41, 5.74) is 1.04. The van der Waals surface area contributed by atoms with Gasteiger partial charge in [0.1, 0.15) is 4.60 Å². The lowest BCUT2D eigenvalue weighted by atomic mass is 10.00. The third-order valence-corrected chi connectivity index (χ3v) is 3.84. The predicted molar refractivity (Wildman–Crippen MR) is 83.1 cm³/mol. The average molecular weight is 381 g/mol. The van der Waals surface area contributed by atoms with Crippen LogP contribution in [0.2, 0.25) is 0 Å². The fourth-order valence-electron chi connectivity index (χ4n) is 2.24. The van der Waals surface area contributed by atoms with Gasteiger partial charge in [-0.3, -0.25) is 4.79 Å². The minimum atomic E-state index is -4.60. The SMILES string of the molecule is O=Cc1ccccc1-c1ccc2nc(Br)c(C(F)(F)F)nc2c1. The number of aldehydes is 1. The van der Waals surface area contributed by atoms with Crippen molar-refractivity contribution in [1.29, 1.82) is 0 Å². The average Bonchev–Trinajstić information content (AvgIpc) is 2.52. The van der Waals surface area contributed by atoms with Crippen LogP contribution in [0.3, 0.4) is 0 Å². The number of carbonyl (C=O) groups is 1. The van der Waals surface area contributed by atoms with Gasteiger partial charge in [0.25, 0.3) is 0 Å². The van der Waals surface area contributed by atoms with Gasteiger partial charge in [-0.1, -0.05) is 30.3 Å². The van der Waals surface area contributed by atoms with E-state index in [4.69, 9.17) is 0 Å². The summed E-state index contributed by atoms with van der Waals surface area (Å²) in [6.45, 7) is 0. The zero-order valence-corrected chi connectivity index (χ0v) is 13.0. The van der Waals surface area contributed by atoms with Gasteiger partial charge in [0, 0.05) is 5.56 Å². The van der Waals surface area contributed by atoms with E-state index in [-0.39, 0.29) is 10.1 Å². The first-order chi connectivity index (χ1) is 10.9. The Morgan fingerprint density at radius 1 is 1.00 bits per heavy atom. The summed E-state index contributed by atoms with van der Waals surface area (Å²) in [6, 6.07) is 11.6. The molecule has 2 aromatic carbocycles. The van der Waals surface area contributed by atoms with E-state index in [1.54, 1.807) is 36.4 Å². The number of rotatable bonds is 2. The van der Waals surface area contributed by atoms with Crippen LogP contribution in [0.15, 0.2) is 47.1 Å². The van der Waals surface area contributed by atoms with Crippen molar-refractivity contribution in [2.45, 2.75) is 6.18 Å². The summed E-state index contributed by atoms with van der Waals surface area (Å²) >= 11 is 2.80. The van der Waals surface area contributed by atoms with E-state index < -0.39 is 11.9 Å². The molecule has 0 atom stereocenters. The minimum Gasteiger partial charge on any atom is -0.298 e. The Bertz CT molecular complexity index is 909. The Hall–Kier alpha value is -2.28. The molecule has 0 aliphatic rings. The van der Waals surface area contributed by atoms with Crippen molar-refractivity contribution < 1.29 is 18.0 Å². The molecule has 7 heteroatoms. The normalized spacial score (nSPS) is 11.7. The van der Waals surface area contributed by atoms with E-state index in [1.807, 2.05) is 0 Å². The van der Waals surface area contributed by atoms with Crippen molar-refractivity contribution in [1.82, 2.24) is 9.97 Å². The summed E-state index contributed by atoms with van der Waals surface area (Å²) in [6.07, 6.45) is -3.90. The van der Waals surface area contributed by atoms with E-state index in [0.717, 1.165) is 0 Å². The summed E-state index contributed by atoms with van der Waals surface area (Å²) in [5, 5.41) is 0. The molecule has 0 saturated carbocycles. The summed E-state index contributed by atoms with van der Waals surface area (Å²) in [7, 11) is 0. The van der Waals surface area contributed by atoms with Crippen LogP contribution in [0.1, 0.15) is 16.1 Å². The second-order valence-electron chi connectivity index (χ2n) is 4.77. The van der Waals surface area contributed by atoms with Crippen LogP contribution >= 0.6 is 15.9 Å². The van der Waals surface area contributed by atoms with Gasteiger partial charge in [0.2, 0.25) is 0 Å². The molecule has 0 saturated heterocycles. The molecule has 1 aromatic heterocycles. The summed E-state index contributed by atoms with van der Waals surface area (Å²) < 4.78 is 38.5. The van der Waals surface area contributed by atoms with Crippen LogP contribution in [-0.2, 0) is 6.18 Å². The molecule has 0 unspecified atom stereocenters. The number of nitrogens with zero attached hydrogens (tertiary/aromatic N) is 2. The van der Waals surface area contributed by atoms with Crippen LogP contribution in [0.5, 0.6) is 0 Å². The van der Waals surface area contributed by atoms with Crippen molar-refractivity contribution in [3.8, 4) is 11.1 Å². The highest BCUT2D eigenvalue weighted by molar-refractivity contribution is 9.10. The number of benzene rings is 2. The van der Waals surface area contributed by atoms with E-state index in [1.165, 1.54) is 6.07 Å². The number of hydrogen-bond donors (Lipinski definition) is 0. The second kappa shape index (κ2) is 5.73. The molecule has 1 heterocycles. The van der Waals surface area contributed by atoms with Crippen molar-refractivity contribution in [2.24, 2.45) is 0 Å². The van der Waals surface area contributed by atoms with Crippen LogP contribution in [0, 0.1) is 0 Å². The van der Waals surface area contributed by atoms with Gasteiger partial charge in [0.15, 0.2) is 12.0 Å². The lowest BCUT2D eigenvalue weighted by Gasteiger charge is -2.10. The van der Waals surface area contributed by atoms with Crippen LogP contribution in [0.4, 0.5) is 13.2 Å². The Morgan fingerprint density at radius 2 is 1.74 bits per heavy atom. The van der Waals surface area contributed by atoms with Gasteiger partial charge in [-0.05, 0) is 39.2 Å². The molecule has 116 valence electrons. The largest absolute Gasteiger partial charge is 0.436 e. The summed E-state index contributed by atoms with van der Waals surface area (Å²) in [5.74, 6) is 0. The standard InChI is InChI=1S/C16H8BrF3N2O/c17-15-14(16(18,19)20)21-13-7-9(5-6-12(13)22-15)11-4-2-1-3-10(11)8-23/h1-8H. The minimum absolute atomic E-state index is 0.110. The number of aromatic nitrogens is 2. The highest BCUT2D eigenvalue weighted by atomic mass is 79.9. The van der Waals surface area contributed by atoms with Crippen LogP contribution < -0.4 is 0 Å². The highest BCUT2D eigenvalue weighted by Crippen LogP contribution is 2.34. The fraction of sp³-hybridized carbons (Fsp3) is 0.0625. The molecular formula is C16H8BrF3N2O. The van der Waals surface area contributed by atoms with Crippen LogP contribution in [-0.4, -0.2) is 16.3 Å². The van der Waals surface area contributed by atoms with Gasteiger partial charge < -0.3 is 0 Å². The molecule has 3 rings (SSSR count). The molecular weight excluding hydrogens is 373 g/mol. The van der Waals surface area contributed by atoms with Crippen molar-refractivity contribution in [2.75, 3.05) is 0 Å².